The number of carbonyl (C=O) groups is 3. The molecule has 1 unspecified atom stereocenters. The highest BCUT2D eigenvalue weighted by Crippen LogP contribution is 2.44. The van der Waals surface area contributed by atoms with E-state index in [1.165, 1.54) is 0 Å². The number of aliphatic hydroxyl groups is 1. The fourth-order valence-corrected chi connectivity index (χ4v) is 4.71. The number of rotatable bonds is 11. The number of alkyl carbamates (subject to hydrolysis) is 1. The smallest absolute Gasteiger partial charge is 0.407 e. The Bertz CT molecular complexity index is 1010. The van der Waals surface area contributed by atoms with Crippen molar-refractivity contribution in [1.82, 2.24) is 10.6 Å². The molecular formula is C26H30N2O6. The molecule has 0 aliphatic heterocycles. The predicted molar refractivity (Wildman–Crippen MR) is 125 cm³/mol. The molecule has 0 aromatic heterocycles. The molecule has 0 radical (unpaired) electrons. The van der Waals surface area contributed by atoms with Crippen molar-refractivity contribution in [2.45, 2.75) is 37.6 Å². The molecule has 4 rings (SSSR count). The second-order valence-corrected chi connectivity index (χ2v) is 8.98. The van der Waals surface area contributed by atoms with Gasteiger partial charge >= 0.3 is 12.1 Å². The van der Waals surface area contributed by atoms with Crippen LogP contribution in [-0.2, 0) is 14.3 Å². The molecular weight excluding hydrogens is 436 g/mol. The van der Waals surface area contributed by atoms with Gasteiger partial charge in [-0.1, -0.05) is 48.5 Å². The molecule has 0 spiro atoms. The summed E-state index contributed by atoms with van der Waals surface area (Å²) in [5, 5.41) is 23.4. The number of ether oxygens (including phenoxy) is 1. The van der Waals surface area contributed by atoms with Gasteiger partial charge in [0.15, 0.2) is 0 Å². The summed E-state index contributed by atoms with van der Waals surface area (Å²) in [6.45, 7) is 0.176. The maximum absolute atomic E-state index is 12.5. The zero-order valence-corrected chi connectivity index (χ0v) is 18.9. The molecule has 4 N–H and O–H groups in total. The first kappa shape index (κ1) is 23.8. The lowest BCUT2D eigenvalue weighted by Crippen LogP contribution is -2.43. The third kappa shape index (κ3) is 5.56. The molecule has 8 heteroatoms. The highest BCUT2D eigenvalue weighted by Gasteiger charge is 2.34. The SMILES string of the molecule is O=C(CC(CNC(=O)OCC1c2ccccc2-c2ccccc21)C1CC1)N[C@H](CCO)C(=O)O. The number of carboxylic acid groups (broad SMARTS) is 1. The lowest BCUT2D eigenvalue weighted by Gasteiger charge is -2.19. The van der Waals surface area contributed by atoms with E-state index in [-0.39, 0.29) is 44.4 Å². The van der Waals surface area contributed by atoms with Crippen LogP contribution in [0, 0.1) is 11.8 Å². The van der Waals surface area contributed by atoms with Crippen LogP contribution in [0.15, 0.2) is 48.5 Å². The average Bonchev–Trinajstić information content (AvgIpc) is 3.63. The second-order valence-electron chi connectivity index (χ2n) is 8.98. The number of benzene rings is 2. The molecule has 1 saturated carbocycles. The van der Waals surface area contributed by atoms with Gasteiger partial charge in [-0.05, 0) is 46.9 Å². The van der Waals surface area contributed by atoms with Gasteiger partial charge in [-0.15, -0.1) is 0 Å². The van der Waals surface area contributed by atoms with Crippen LogP contribution >= 0.6 is 0 Å². The number of aliphatic hydroxyl groups excluding tert-OH is 1. The van der Waals surface area contributed by atoms with Crippen molar-refractivity contribution in [3.63, 3.8) is 0 Å². The standard InChI is InChI=1S/C26H30N2O6/c29-12-11-23(25(31)32)28-24(30)13-17(16-9-10-16)14-27-26(33)34-15-22-20-7-3-1-5-18(20)19-6-2-4-8-21(19)22/h1-8,16-17,22-23,29H,9-15H2,(H,27,33)(H,28,30)(H,31,32)/t17?,23-/m1/s1. The number of nitrogens with one attached hydrogen (secondary N) is 2. The first-order valence-corrected chi connectivity index (χ1v) is 11.7. The van der Waals surface area contributed by atoms with Gasteiger partial charge in [-0.2, -0.15) is 0 Å². The van der Waals surface area contributed by atoms with E-state index in [2.05, 4.69) is 34.9 Å². The third-order valence-electron chi connectivity index (χ3n) is 6.64. The van der Waals surface area contributed by atoms with Gasteiger partial charge in [0, 0.05) is 31.9 Å². The Labute approximate surface area is 198 Å². The van der Waals surface area contributed by atoms with Gasteiger partial charge in [-0.25, -0.2) is 9.59 Å². The summed E-state index contributed by atoms with van der Waals surface area (Å²) in [6.07, 6.45) is 1.49. The molecule has 0 bridgehead atoms. The minimum Gasteiger partial charge on any atom is -0.480 e. The molecule has 1 fully saturated rings. The predicted octanol–water partition coefficient (Wildman–Crippen LogP) is 2.89. The first-order valence-electron chi connectivity index (χ1n) is 11.7. The molecule has 2 amide bonds. The zero-order chi connectivity index (χ0) is 24.1. The van der Waals surface area contributed by atoms with E-state index >= 15 is 0 Å². The number of carboxylic acids is 1. The maximum Gasteiger partial charge on any atom is 0.407 e. The van der Waals surface area contributed by atoms with E-state index in [0.717, 1.165) is 35.1 Å². The number of hydrogen-bond donors (Lipinski definition) is 4. The number of fused-ring (bicyclic) bond motifs is 3. The fourth-order valence-electron chi connectivity index (χ4n) is 4.71. The quantitative estimate of drug-likeness (QED) is 0.404. The van der Waals surface area contributed by atoms with Gasteiger partial charge in [0.05, 0.1) is 0 Å². The topological polar surface area (TPSA) is 125 Å². The summed E-state index contributed by atoms with van der Waals surface area (Å²) in [7, 11) is 0. The highest BCUT2D eigenvalue weighted by atomic mass is 16.5. The molecule has 2 aliphatic carbocycles. The summed E-state index contributed by atoms with van der Waals surface area (Å²) >= 11 is 0. The molecule has 180 valence electrons. The fraction of sp³-hybridized carbons (Fsp3) is 0.423. The molecule has 2 aliphatic rings. The minimum atomic E-state index is -1.18. The third-order valence-corrected chi connectivity index (χ3v) is 6.64. The van der Waals surface area contributed by atoms with Crippen molar-refractivity contribution in [2.75, 3.05) is 19.8 Å². The van der Waals surface area contributed by atoms with Crippen LogP contribution in [0.1, 0.15) is 42.7 Å². The molecule has 2 atom stereocenters. The number of hydrogen-bond acceptors (Lipinski definition) is 5. The second kappa shape index (κ2) is 10.7. The Balaban J connectivity index is 1.29. The maximum atomic E-state index is 12.5. The average molecular weight is 467 g/mol. The van der Waals surface area contributed by atoms with Crippen LogP contribution in [0.3, 0.4) is 0 Å². The summed E-state index contributed by atoms with van der Waals surface area (Å²) < 4.78 is 5.57. The first-order chi connectivity index (χ1) is 16.5. The van der Waals surface area contributed by atoms with Crippen LogP contribution in [-0.4, -0.2) is 54.0 Å². The van der Waals surface area contributed by atoms with E-state index in [4.69, 9.17) is 14.9 Å². The zero-order valence-electron chi connectivity index (χ0n) is 18.9. The molecule has 2 aromatic carbocycles. The van der Waals surface area contributed by atoms with Crippen LogP contribution in [0.2, 0.25) is 0 Å². The molecule has 34 heavy (non-hydrogen) atoms. The van der Waals surface area contributed by atoms with E-state index in [9.17, 15) is 14.4 Å². The van der Waals surface area contributed by atoms with E-state index in [1.54, 1.807) is 0 Å². The summed E-state index contributed by atoms with van der Waals surface area (Å²) in [4.78, 5) is 36.0. The minimum absolute atomic E-state index is 0.0253. The largest absolute Gasteiger partial charge is 0.480 e. The Morgan fingerprint density at radius 3 is 2.18 bits per heavy atom. The summed E-state index contributed by atoms with van der Waals surface area (Å²) in [5.41, 5.74) is 4.60. The highest BCUT2D eigenvalue weighted by molar-refractivity contribution is 5.83. The number of amides is 2. The van der Waals surface area contributed by atoms with Gasteiger partial charge in [0.25, 0.3) is 0 Å². The van der Waals surface area contributed by atoms with E-state index in [1.807, 2.05) is 24.3 Å². The van der Waals surface area contributed by atoms with Crippen molar-refractivity contribution in [1.29, 1.82) is 0 Å². The Kier molecular flexibility index (Phi) is 7.47. The van der Waals surface area contributed by atoms with Gasteiger partial charge in [0.1, 0.15) is 12.6 Å². The van der Waals surface area contributed by atoms with Crippen molar-refractivity contribution >= 4 is 18.0 Å². The van der Waals surface area contributed by atoms with Crippen molar-refractivity contribution in [3.05, 3.63) is 59.7 Å². The van der Waals surface area contributed by atoms with Crippen molar-refractivity contribution < 1.29 is 29.3 Å². The summed E-state index contributed by atoms with van der Waals surface area (Å²) in [5.74, 6) is -1.37. The van der Waals surface area contributed by atoms with Gasteiger partial charge in [0.2, 0.25) is 5.91 Å². The lowest BCUT2D eigenvalue weighted by molar-refractivity contribution is -0.142. The molecule has 2 aromatic rings. The Morgan fingerprint density at radius 1 is 1.00 bits per heavy atom. The van der Waals surface area contributed by atoms with Crippen molar-refractivity contribution in [2.24, 2.45) is 11.8 Å². The molecule has 0 saturated heterocycles. The van der Waals surface area contributed by atoms with Crippen LogP contribution in [0.5, 0.6) is 0 Å². The van der Waals surface area contributed by atoms with Gasteiger partial charge < -0.3 is 25.6 Å². The van der Waals surface area contributed by atoms with E-state index < -0.39 is 24.0 Å². The van der Waals surface area contributed by atoms with Crippen LogP contribution < -0.4 is 10.6 Å². The Morgan fingerprint density at radius 2 is 1.62 bits per heavy atom. The summed E-state index contributed by atoms with van der Waals surface area (Å²) in [6, 6.07) is 15.1. The number of carbonyl (C=O) groups excluding carboxylic acids is 2. The van der Waals surface area contributed by atoms with Crippen LogP contribution in [0.4, 0.5) is 4.79 Å². The van der Waals surface area contributed by atoms with Crippen LogP contribution in [0.25, 0.3) is 11.1 Å². The monoisotopic (exact) mass is 466 g/mol. The van der Waals surface area contributed by atoms with Gasteiger partial charge in [-0.3, -0.25) is 4.79 Å². The molecule has 8 nitrogen and oxygen atoms in total. The van der Waals surface area contributed by atoms with E-state index in [0.29, 0.717) is 5.92 Å². The van der Waals surface area contributed by atoms with Crippen molar-refractivity contribution in [3.8, 4) is 11.1 Å². The molecule has 0 heterocycles. The lowest BCUT2D eigenvalue weighted by atomic mass is 9.98. The normalized spacial score (nSPS) is 16.1. The number of aliphatic carboxylic acids is 1. The Hall–Kier alpha value is -3.39.